The van der Waals surface area contributed by atoms with Crippen molar-refractivity contribution in [1.29, 1.82) is 0 Å². The molecule has 2 heterocycles. The molecule has 1 aliphatic heterocycles. The molecular weight excluding hydrogens is 382 g/mol. The van der Waals surface area contributed by atoms with Gasteiger partial charge in [0.15, 0.2) is 0 Å². The van der Waals surface area contributed by atoms with Gasteiger partial charge >= 0.3 is 0 Å². The first kappa shape index (κ1) is 20.0. The zero-order valence-electron chi connectivity index (χ0n) is 16.8. The molecule has 152 valence electrons. The Morgan fingerprint density at radius 1 is 1.21 bits per heavy atom. The van der Waals surface area contributed by atoms with Crippen LogP contribution in [0.2, 0.25) is 0 Å². The average Bonchev–Trinajstić information content (AvgIpc) is 3.22. The summed E-state index contributed by atoms with van der Waals surface area (Å²) in [6.07, 6.45) is 8.09. The molecule has 2 aliphatic rings. The Hall–Kier alpha value is -2.31. The topological polar surface area (TPSA) is 62.3 Å². The fourth-order valence-corrected chi connectivity index (χ4v) is 5.41. The van der Waals surface area contributed by atoms with Crippen LogP contribution in [0, 0.1) is 0 Å². The summed E-state index contributed by atoms with van der Waals surface area (Å²) in [6, 6.07) is 9.78. The van der Waals surface area contributed by atoms with Crippen molar-refractivity contribution in [3.05, 3.63) is 65.0 Å². The summed E-state index contributed by atoms with van der Waals surface area (Å²) in [4.78, 5) is 19.9. The largest absolute Gasteiger partial charge is 0.348 e. The van der Waals surface area contributed by atoms with Crippen LogP contribution in [0.25, 0.3) is 6.08 Å². The van der Waals surface area contributed by atoms with E-state index in [4.69, 9.17) is 0 Å². The Morgan fingerprint density at radius 3 is 2.66 bits per heavy atom. The smallest absolute Gasteiger partial charge is 0.247 e. The highest BCUT2D eigenvalue weighted by atomic mass is 32.2. The second kappa shape index (κ2) is 9.01. The number of carbonyl (C=O) groups is 1. The molecule has 0 radical (unpaired) electrons. The Balaban J connectivity index is 1.30. The number of pyridine rings is 1. The fourth-order valence-electron chi connectivity index (χ4n) is 3.99. The molecule has 1 aliphatic carbocycles. The third kappa shape index (κ3) is 4.65. The number of aromatic nitrogens is 1. The minimum absolute atomic E-state index is 0.0449. The van der Waals surface area contributed by atoms with Crippen LogP contribution < -0.4 is 5.32 Å². The zero-order chi connectivity index (χ0) is 20.2. The first-order valence-corrected chi connectivity index (χ1v) is 11.5. The van der Waals surface area contributed by atoms with E-state index in [9.17, 15) is 9.00 Å². The standard InChI is InChI=1S/C23H27N3O2S/c1-2-26-11-8-22(9-12-26)29(28)21-5-3-17(4-6-21)15-25-23(27)19-13-18-7-10-24-16-20(18)14-19/h3-7,10,14,16,22H,2,8-9,11-13,15H2,1H3,(H,25,27). The van der Waals surface area contributed by atoms with Crippen molar-refractivity contribution in [3.63, 3.8) is 0 Å². The van der Waals surface area contributed by atoms with Gasteiger partial charge in [-0.05, 0) is 73.4 Å². The molecule has 0 bridgehead atoms. The van der Waals surface area contributed by atoms with Gasteiger partial charge in [0.1, 0.15) is 0 Å². The molecule has 1 amide bonds. The third-order valence-electron chi connectivity index (χ3n) is 5.84. The highest BCUT2D eigenvalue weighted by molar-refractivity contribution is 7.85. The number of carbonyl (C=O) groups excluding carboxylic acids is 1. The Labute approximate surface area is 174 Å². The van der Waals surface area contributed by atoms with Crippen LogP contribution in [0.5, 0.6) is 0 Å². The number of benzene rings is 1. The fraction of sp³-hybridized carbons (Fsp3) is 0.391. The summed E-state index contributed by atoms with van der Waals surface area (Å²) in [6.45, 7) is 5.78. The van der Waals surface area contributed by atoms with Crippen molar-refractivity contribution in [1.82, 2.24) is 15.2 Å². The molecule has 1 aromatic heterocycles. The highest BCUT2D eigenvalue weighted by Crippen LogP contribution is 2.24. The van der Waals surface area contributed by atoms with Gasteiger partial charge in [0.2, 0.25) is 5.91 Å². The maximum absolute atomic E-state index is 12.9. The van der Waals surface area contributed by atoms with Crippen molar-refractivity contribution < 1.29 is 9.00 Å². The van der Waals surface area contributed by atoms with E-state index in [1.807, 2.05) is 36.4 Å². The summed E-state index contributed by atoms with van der Waals surface area (Å²) in [5.41, 5.74) is 3.94. The Morgan fingerprint density at radius 2 is 1.97 bits per heavy atom. The number of fused-ring (bicyclic) bond motifs is 1. The minimum Gasteiger partial charge on any atom is -0.348 e. The van der Waals surface area contributed by atoms with Gasteiger partial charge in [-0.25, -0.2) is 0 Å². The average molecular weight is 410 g/mol. The normalized spacial score (nSPS) is 18.2. The van der Waals surface area contributed by atoms with Gasteiger partial charge in [-0.15, -0.1) is 0 Å². The number of hydrogen-bond acceptors (Lipinski definition) is 4. The van der Waals surface area contributed by atoms with Gasteiger partial charge in [-0.2, -0.15) is 0 Å². The molecule has 1 aromatic carbocycles. The number of rotatable bonds is 6. The molecule has 5 nitrogen and oxygen atoms in total. The molecule has 4 rings (SSSR count). The lowest BCUT2D eigenvalue weighted by molar-refractivity contribution is -0.117. The van der Waals surface area contributed by atoms with E-state index in [1.54, 1.807) is 12.4 Å². The minimum atomic E-state index is -0.961. The Kier molecular flexibility index (Phi) is 6.21. The van der Waals surface area contributed by atoms with Gasteiger partial charge < -0.3 is 10.2 Å². The van der Waals surface area contributed by atoms with Crippen LogP contribution in [0.4, 0.5) is 0 Å². The first-order valence-electron chi connectivity index (χ1n) is 10.3. The van der Waals surface area contributed by atoms with Crippen LogP contribution in [0.3, 0.4) is 0 Å². The molecular formula is C23H27N3O2S. The molecule has 1 atom stereocenters. The van der Waals surface area contributed by atoms with Gasteiger partial charge in [0, 0.05) is 41.1 Å². The number of amides is 1. The molecule has 29 heavy (non-hydrogen) atoms. The van der Waals surface area contributed by atoms with Gasteiger partial charge in [-0.3, -0.25) is 14.0 Å². The van der Waals surface area contributed by atoms with Crippen LogP contribution in [0.15, 0.2) is 53.2 Å². The SMILES string of the molecule is CCN1CCC(S(=O)c2ccc(CNC(=O)C3=Cc4cnccc4C3)cc2)CC1. The van der Waals surface area contributed by atoms with Crippen LogP contribution in [-0.2, 0) is 28.6 Å². The van der Waals surface area contributed by atoms with Crippen molar-refractivity contribution in [2.45, 2.75) is 42.9 Å². The van der Waals surface area contributed by atoms with Gasteiger partial charge in [0.05, 0.1) is 10.8 Å². The molecule has 6 heteroatoms. The van der Waals surface area contributed by atoms with E-state index in [1.165, 1.54) is 0 Å². The number of piperidine rings is 1. The van der Waals surface area contributed by atoms with E-state index in [2.05, 4.69) is 22.1 Å². The lowest BCUT2D eigenvalue weighted by Gasteiger charge is -2.30. The lowest BCUT2D eigenvalue weighted by atomic mass is 10.1. The molecule has 1 unspecified atom stereocenters. The second-order valence-electron chi connectivity index (χ2n) is 7.68. The van der Waals surface area contributed by atoms with E-state index in [0.717, 1.165) is 59.6 Å². The summed E-state index contributed by atoms with van der Waals surface area (Å²) in [7, 11) is -0.961. The van der Waals surface area contributed by atoms with E-state index >= 15 is 0 Å². The van der Waals surface area contributed by atoms with Crippen molar-refractivity contribution >= 4 is 22.8 Å². The third-order valence-corrected chi connectivity index (χ3v) is 7.66. The zero-order valence-corrected chi connectivity index (χ0v) is 17.6. The Bertz CT molecular complexity index is 931. The van der Waals surface area contributed by atoms with Crippen LogP contribution in [0.1, 0.15) is 36.5 Å². The number of hydrogen-bond donors (Lipinski definition) is 1. The molecule has 2 aromatic rings. The highest BCUT2D eigenvalue weighted by Gasteiger charge is 2.24. The molecule has 0 spiro atoms. The second-order valence-corrected chi connectivity index (χ2v) is 9.41. The summed E-state index contributed by atoms with van der Waals surface area (Å²) in [5.74, 6) is -0.0449. The monoisotopic (exact) mass is 409 g/mol. The lowest BCUT2D eigenvalue weighted by Crippen LogP contribution is -2.37. The molecule has 1 fully saturated rings. The summed E-state index contributed by atoms with van der Waals surface area (Å²) >= 11 is 0. The van der Waals surface area contributed by atoms with E-state index < -0.39 is 10.8 Å². The van der Waals surface area contributed by atoms with Crippen molar-refractivity contribution in [2.75, 3.05) is 19.6 Å². The van der Waals surface area contributed by atoms with Gasteiger partial charge in [0.25, 0.3) is 0 Å². The maximum Gasteiger partial charge on any atom is 0.247 e. The first-order chi connectivity index (χ1) is 14.1. The van der Waals surface area contributed by atoms with Gasteiger partial charge in [-0.1, -0.05) is 19.1 Å². The predicted molar refractivity (Wildman–Crippen MR) is 116 cm³/mol. The molecule has 1 N–H and O–H groups in total. The summed E-state index contributed by atoms with van der Waals surface area (Å²) in [5, 5.41) is 3.23. The van der Waals surface area contributed by atoms with Crippen molar-refractivity contribution in [3.8, 4) is 0 Å². The number of nitrogens with zero attached hydrogens (tertiary/aromatic N) is 2. The van der Waals surface area contributed by atoms with E-state index in [0.29, 0.717) is 13.0 Å². The molecule has 0 saturated carbocycles. The van der Waals surface area contributed by atoms with Crippen LogP contribution in [-0.4, -0.2) is 44.9 Å². The summed E-state index contributed by atoms with van der Waals surface area (Å²) < 4.78 is 12.9. The molecule has 1 saturated heterocycles. The number of nitrogens with one attached hydrogen (secondary N) is 1. The predicted octanol–water partition coefficient (Wildman–Crippen LogP) is 2.93. The number of likely N-dealkylation sites (tertiary alicyclic amines) is 1. The van der Waals surface area contributed by atoms with Crippen molar-refractivity contribution in [2.24, 2.45) is 0 Å². The van der Waals surface area contributed by atoms with E-state index in [-0.39, 0.29) is 11.2 Å². The van der Waals surface area contributed by atoms with Crippen LogP contribution >= 0.6 is 0 Å². The maximum atomic E-state index is 12.9. The quantitative estimate of drug-likeness (QED) is 0.797.